The molecule has 0 saturated carbocycles. The summed E-state index contributed by atoms with van der Waals surface area (Å²) < 4.78 is 0. The van der Waals surface area contributed by atoms with Crippen LogP contribution in [0.1, 0.15) is 0 Å². The molecule has 4 aromatic rings. The van der Waals surface area contributed by atoms with Crippen LogP contribution in [0.2, 0.25) is 0 Å². The molecule has 110 valence electrons. The molecule has 3 nitrogen and oxygen atoms in total. The van der Waals surface area contributed by atoms with E-state index in [-0.39, 0.29) is 5.56 Å². The van der Waals surface area contributed by atoms with Crippen molar-refractivity contribution in [1.82, 2.24) is 9.97 Å². The Morgan fingerprint density at radius 3 is 2.09 bits per heavy atom. The minimum absolute atomic E-state index is 0.117. The van der Waals surface area contributed by atoms with Crippen molar-refractivity contribution < 1.29 is 0 Å². The van der Waals surface area contributed by atoms with E-state index >= 15 is 0 Å². The number of aromatic amines is 1. The van der Waals surface area contributed by atoms with Gasteiger partial charge in [0.15, 0.2) is 0 Å². The predicted octanol–water partition coefficient (Wildman–Crippen LogP) is 4.26. The second-order valence-corrected chi connectivity index (χ2v) is 5.38. The zero-order chi connectivity index (χ0) is 15.6. The maximum absolute atomic E-state index is 12.3. The topological polar surface area (TPSA) is 45.8 Å². The lowest BCUT2D eigenvalue weighted by atomic mass is 9.95. The molecule has 3 heteroatoms. The first kappa shape index (κ1) is 13.5. The molecule has 0 saturated heterocycles. The second-order valence-electron chi connectivity index (χ2n) is 5.38. The summed E-state index contributed by atoms with van der Waals surface area (Å²) in [6.45, 7) is 0. The van der Waals surface area contributed by atoms with Crippen LogP contribution >= 0.6 is 0 Å². The number of nitrogens with one attached hydrogen (secondary N) is 1. The average molecular weight is 298 g/mol. The molecule has 0 amide bonds. The van der Waals surface area contributed by atoms with Crippen LogP contribution in [-0.4, -0.2) is 9.97 Å². The van der Waals surface area contributed by atoms with Crippen molar-refractivity contribution in [2.75, 3.05) is 0 Å². The molecule has 0 fully saturated rings. The first-order valence-electron chi connectivity index (χ1n) is 7.45. The first-order chi connectivity index (χ1) is 11.3. The Labute approximate surface area is 133 Å². The number of nitrogens with zero attached hydrogens (tertiary/aromatic N) is 1. The Morgan fingerprint density at radius 1 is 0.739 bits per heavy atom. The molecule has 0 spiro atoms. The van der Waals surface area contributed by atoms with Gasteiger partial charge in [0.1, 0.15) is 0 Å². The van der Waals surface area contributed by atoms with Gasteiger partial charge in [-0.3, -0.25) is 4.79 Å². The molecule has 1 N–H and O–H groups in total. The van der Waals surface area contributed by atoms with Crippen LogP contribution in [-0.2, 0) is 0 Å². The zero-order valence-electron chi connectivity index (χ0n) is 12.4. The molecule has 0 atom stereocenters. The quantitative estimate of drug-likeness (QED) is 0.601. The number of benzene rings is 3. The standard InChI is InChI=1S/C20H14N2O/c23-20-19-17(15-9-5-2-6-10-15)11-16(12-18(19)21-13-22-20)14-7-3-1-4-8-14/h1-13H,(H,21,22,23). The van der Waals surface area contributed by atoms with Crippen LogP contribution in [0.25, 0.3) is 33.2 Å². The summed E-state index contributed by atoms with van der Waals surface area (Å²) in [6, 6.07) is 24.1. The van der Waals surface area contributed by atoms with Gasteiger partial charge in [-0.1, -0.05) is 60.7 Å². The Balaban J connectivity index is 2.08. The largest absolute Gasteiger partial charge is 0.313 e. The predicted molar refractivity (Wildman–Crippen MR) is 93.2 cm³/mol. The molecule has 0 aliphatic rings. The highest BCUT2D eigenvalue weighted by atomic mass is 16.1. The summed E-state index contributed by atoms with van der Waals surface area (Å²) in [6.07, 6.45) is 1.45. The van der Waals surface area contributed by atoms with Crippen molar-refractivity contribution in [1.29, 1.82) is 0 Å². The summed E-state index contributed by atoms with van der Waals surface area (Å²) in [4.78, 5) is 19.4. The second kappa shape index (κ2) is 5.54. The van der Waals surface area contributed by atoms with Gasteiger partial charge < -0.3 is 4.98 Å². The van der Waals surface area contributed by atoms with Crippen molar-refractivity contribution in [3.8, 4) is 22.3 Å². The third-order valence-corrected chi connectivity index (χ3v) is 3.94. The SMILES string of the molecule is O=c1[nH]cnc2cc(-c3ccccc3)cc(-c3ccccc3)c12. The van der Waals surface area contributed by atoms with E-state index < -0.39 is 0 Å². The van der Waals surface area contributed by atoms with Crippen LogP contribution in [0.3, 0.4) is 0 Å². The van der Waals surface area contributed by atoms with Gasteiger partial charge in [-0.15, -0.1) is 0 Å². The lowest BCUT2D eigenvalue weighted by Crippen LogP contribution is -2.07. The third-order valence-electron chi connectivity index (χ3n) is 3.94. The number of aromatic nitrogens is 2. The zero-order valence-corrected chi connectivity index (χ0v) is 12.4. The fourth-order valence-electron chi connectivity index (χ4n) is 2.84. The van der Waals surface area contributed by atoms with Gasteiger partial charge in [0.2, 0.25) is 0 Å². The van der Waals surface area contributed by atoms with Crippen molar-refractivity contribution in [3.63, 3.8) is 0 Å². The third kappa shape index (κ3) is 2.42. The fraction of sp³-hybridized carbons (Fsp3) is 0. The van der Waals surface area contributed by atoms with E-state index in [2.05, 4.69) is 28.2 Å². The molecule has 3 aromatic carbocycles. The van der Waals surface area contributed by atoms with Crippen molar-refractivity contribution >= 4 is 10.9 Å². The van der Waals surface area contributed by atoms with E-state index in [1.54, 1.807) is 0 Å². The molecule has 4 rings (SSSR count). The number of hydrogen-bond acceptors (Lipinski definition) is 2. The van der Waals surface area contributed by atoms with Crippen LogP contribution in [0.4, 0.5) is 0 Å². The summed E-state index contributed by atoms with van der Waals surface area (Å²) in [5.41, 5.74) is 4.65. The smallest absolute Gasteiger partial charge is 0.259 e. The van der Waals surface area contributed by atoms with Gasteiger partial charge in [-0.05, 0) is 34.4 Å². The summed E-state index contributed by atoms with van der Waals surface area (Å²) >= 11 is 0. The van der Waals surface area contributed by atoms with E-state index in [1.807, 2.05) is 54.6 Å². The van der Waals surface area contributed by atoms with Crippen molar-refractivity contribution in [2.45, 2.75) is 0 Å². The monoisotopic (exact) mass is 298 g/mol. The number of rotatable bonds is 2. The number of fused-ring (bicyclic) bond motifs is 1. The number of hydrogen-bond donors (Lipinski definition) is 1. The summed E-state index contributed by atoms with van der Waals surface area (Å²) in [7, 11) is 0. The van der Waals surface area contributed by atoms with Crippen LogP contribution in [0, 0.1) is 0 Å². The molecular weight excluding hydrogens is 284 g/mol. The van der Waals surface area contributed by atoms with Gasteiger partial charge in [0.05, 0.1) is 17.2 Å². The highest BCUT2D eigenvalue weighted by Gasteiger charge is 2.11. The van der Waals surface area contributed by atoms with E-state index in [4.69, 9.17) is 0 Å². The Hall–Kier alpha value is -3.20. The van der Waals surface area contributed by atoms with E-state index in [0.717, 1.165) is 22.3 Å². The summed E-state index contributed by atoms with van der Waals surface area (Å²) in [5.74, 6) is 0. The van der Waals surface area contributed by atoms with Gasteiger partial charge in [0, 0.05) is 0 Å². The normalized spacial score (nSPS) is 10.8. The minimum atomic E-state index is -0.117. The maximum Gasteiger partial charge on any atom is 0.259 e. The van der Waals surface area contributed by atoms with Gasteiger partial charge >= 0.3 is 0 Å². The highest BCUT2D eigenvalue weighted by Crippen LogP contribution is 2.31. The minimum Gasteiger partial charge on any atom is -0.313 e. The molecule has 1 aromatic heterocycles. The average Bonchev–Trinajstić information content (AvgIpc) is 2.62. The Kier molecular flexibility index (Phi) is 3.24. The maximum atomic E-state index is 12.3. The molecular formula is C20H14N2O. The molecule has 0 radical (unpaired) electrons. The molecule has 0 unspecified atom stereocenters. The van der Waals surface area contributed by atoms with Crippen LogP contribution < -0.4 is 5.56 Å². The summed E-state index contributed by atoms with van der Waals surface area (Å²) in [5, 5.41) is 0.624. The fourth-order valence-corrected chi connectivity index (χ4v) is 2.84. The van der Waals surface area contributed by atoms with Crippen LogP contribution in [0.5, 0.6) is 0 Å². The van der Waals surface area contributed by atoms with Gasteiger partial charge in [-0.2, -0.15) is 0 Å². The van der Waals surface area contributed by atoms with Crippen molar-refractivity contribution in [2.24, 2.45) is 0 Å². The first-order valence-corrected chi connectivity index (χ1v) is 7.45. The highest BCUT2D eigenvalue weighted by molar-refractivity contribution is 5.97. The molecule has 1 heterocycles. The number of H-pyrrole nitrogens is 1. The van der Waals surface area contributed by atoms with E-state index in [1.165, 1.54) is 6.33 Å². The molecule has 0 bridgehead atoms. The molecule has 23 heavy (non-hydrogen) atoms. The Morgan fingerprint density at radius 2 is 1.39 bits per heavy atom. The van der Waals surface area contributed by atoms with E-state index in [0.29, 0.717) is 10.9 Å². The van der Waals surface area contributed by atoms with Gasteiger partial charge in [0.25, 0.3) is 5.56 Å². The van der Waals surface area contributed by atoms with Crippen LogP contribution in [0.15, 0.2) is 83.9 Å². The van der Waals surface area contributed by atoms with Gasteiger partial charge in [-0.25, -0.2) is 4.98 Å². The Bertz CT molecular complexity index is 1020. The molecule has 0 aliphatic carbocycles. The molecule has 0 aliphatic heterocycles. The van der Waals surface area contributed by atoms with Crippen molar-refractivity contribution in [3.05, 3.63) is 89.5 Å². The lowest BCUT2D eigenvalue weighted by molar-refractivity contribution is 1.17. The lowest BCUT2D eigenvalue weighted by Gasteiger charge is -2.10. The van der Waals surface area contributed by atoms with E-state index in [9.17, 15) is 4.79 Å².